The standard InChI is InChI=1S/C23H32N4S/c1-6-7-8-9-12-19-17-28-22(18(19)2)15-27(5)16-23(25-4)26-21-14-11-10-13-20(21)24-3/h6-7,10-11,13-14,17,24H,4,8-9,12,15-16H2,1-3,5H3/b7-6-,26-23?. The van der Waals surface area contributed by atoms with E-state index in [1.165, 1.54) is 22.4 Å². The first-order chi connectivity index (χ1) is 13.6. The molecule has 1 aromatic heterocycles. The molecule has 28 heavy (non-hydrogen) atoms. The number of likely N-dealkylation sites (N-methyl/N-ethyl adjacent to an activating group) is 1. The first-order valence-electron chi connectivity index (χ1n) is 9.75. The van der Waals surface area contributed by atoms with Gasteiger partial charge in [0.25, 0.3) is 0 Å². The zero-order valence-corrected chi connectivity index (χ0v) is 18.4. The van der Waals surface area contributed by atoms with Crippen molar-refractivity contribution < 1.29 is 0 Å². The van der Waals surface area contributed by atoms with Crippen molar-refractivity contribution in [2.45, 2.75) is 39.7 Å². The summed E-state index contributed by atoms with van der Waals surface area (Å²) in [5.74, 6) is 0.728. The van der Waals surface area contributed by atoms with E-state index in [0.717, 1.165) is 36.6 Å². The van der Waals surface area contributed by atoms with Crippen LogP contribution in [0.5, 0.6) is 0 Å². The lowest BCUT2D eigenvalue weighted by Gasteiger charge is -2.16. The molecule has 0 saturated carbocycles. The molecular formula is C23H32N4S. The Morgan fingerprint density at radius 2 is 2.11 bits per heavy atom. The van der Waals surface area contributed by atoms with Crippen LogP contribution in [0.15, 0.2) is 51.8 Å². The van der Waals surface area contributed by atoms with Gasteiger partial charge in [0, 0.05) is 18.5 Å². The molecule has 5 heteroatoms. The molecule has 1 aromatic carbocycles. The Morgan fingerprint density at radius 3 is 2.82 bits per heavy atom. The second-order valence-electron chi connectivity index (χ2n) is 6.90. The van der Waals surface area contributed by atoms with Gasteiger partial charge in [0.15, 0.2) is 0 Å². The van der Waals surface area contributed by atoms with Gasteiger partial charge in [-0.3, -0.25) is 4.90 Å². The number of amidine groups is 1. The number of thiophene rings is 1. The largest absolute Gasteiger partial charge is 0.386 e. The van der Waals surface area contributed by atoms with Gasteiger partial charge in [-0.15, -0.1) is 11.3 Å². The fraction of sp³-hybridized carbons (Fsp3) is 0.391. The molecule has 0 aliphatic carbocycles. The third-order valence-electron chi connectivity index (χ3n) is 4.73. The van der Waals surface area contributed by atoms with Crippen LogP contribution in [0, 0.1) is 6.92 Å². The van der Waals surface area contributed by atoms with E-state index >= 15 is 0 Å². The van der Waals surface area contributed by atoms with Gasteiger partial charge in [0.2, 0.25) is 0 Å². The molecule has 0 unspecified atom stereocenters. The van der Waals surface area contributed by atoms with E-state index < -0.39 is 0 Å². The first kappa shape index (κ1) is 22.1. The van der Waals surface area contributed by atoms with E-state index in [1.54, 1.807) is 0 Å². The summed E-state index contributed by atoms with van der Waals surface area (Å²) in [4.78, 5) is 12.5. The second kappa shape index (κ2) is 11.6. The highest BCUT2D eigenvalue weighted by Crippen LogP contribution is 2.26. The molecule has 0 bridgehead atoms. The van der Waals surface area contributed by atoms with Crippen LogP contribution in [-0.2, 0) is 13.0 Å². The summed E-state index contributed by atoms with van der Waals surface area (Å²) < 4.78 is 0. The van der Waals surface area contributed by atoms with Gasteiger partial charge < -0.3 is 5.32 Å². The van der Waals surface area contributed by atoms with Crippen LogP contribution in [0.25, 0.3) is 0 Å². The summed E-state index contributed by atoms with van der Waals surface area (Å²) in [7, 11) is 4.01. The zero-order chi connectivity index (χ0) is 20.4. The number of aliphatic imine (C=N–C) groups is 2. The monoisotopic (exact) mass is 396 g/mol. The van der Waals surface area contributed by atoms with Gasteiger partial charge in [-0.1, -0.05) is 24.3 Å². The predicted molar refractivity (Wildman–Crippen MR) is 126 cm³/mol. The quantitative estimate of drug-likeness (QED) is 0.236. The number of benzene rings is 1. The molecule has 0 aliphatic heterocycles. The van der Waals surface area contributed by atoms with Crippen molar-refractivity contribution in [1.82, 2.24) is 4.90 Å². The third-order valence-corrected chi connectivity index (χ3v) is 5.85. The lowest BCUT2D eigenvalue weighted by Crippen LogP contribution is -2.24. The Labute approximate surface area is 173 Å². The number of anilines is 1. The van der Waals surface area contributed by atoms with Crippen molar-refractivity contribution >= 4 is 35.3 Å². The average molecular weight is 397 g/mol. The number of aryl methyl sites for hydroxylation is 1. The first-order valence-corrected chi connectivity index (χ1v) is 10.6. The van der Waals surface area contributed by atoms with Crippen molar-refractivity contribution in [3.05, 3.63) is 57.8 Å². The van der Waals surface area contributed by atoms with E-state index in [4.69, 9.17) is 4.99 Å². The molecule has 0 fully saturated rings. The van der Waals surface area contributed by atoms with Gasteiger partial charge in [0.05, 0.1) is 17.9 Å². The summed E-state index contributed by atoms with van der Waals surface area (Å²) >= 11 is 1.86. The molecule has 0 amide bonds. The molecule has 2 rings (SSSR count). The van der Waals surface area contributed by atoms with Crippen molar-refractivity contribution in [2.24, 2.45) is 9.98 Å². The van der Waals surface area contributed by atoms with Crippen molar-refractivity contribution in [2.75, 3.05) is 26.0 Å². The van der Waals surface area contributed by atoms with Crippen molar-refractivity contribution in [3.63, 3.8) is 0 Å². The summed E-state index contributed by atoms with van der Waals surface area (Å²) in [6.45, 7) is 9.60. The minimum Gasteiger partial charge on any atom is -0.386 e. The molecule has 0 radical (unpaired) electrons. The molecule has 1 N–H and O–H groups in total. The van der Waals surface area contributed by atoms with Gasteiger partial charge >= 0.3 is 0 Å². The fourth-order valence-corrected chi connectivity index (χ4v) is 4.24. The van der Waals surface area contributed by atoms with Crippen LogP contribution in [0.3, 0.4) is 0 Å². The summed E-state index contributed by atoms with van der Waals surface area (Å²) in [5.41, 5.74) is 4.79. The maximum absolute atomic E-state index is 4.70. The SMILES string of the molecule is C=NC(CN(C)Cc1scc(CCC/C=C\C)c1C)=Nc1ccccc1NC. The number of para-hydroxylation sites is 2. The molecule has 0 saturated heterocycles. The number of nitrogens with zero attached hydrogens (tertiary/aromatic N) is 3. The average Bonchev–Trinajstić information content (AvgIpc) is 3.04. The molecule has 1 heterocycles. The Hall–Kier alpha value is -2.24. The van der Waals surface area contributed by atoms with Crippen molar-refractivity contribution in [1.29, 1.82) is 0 Å². The van der Waals surface area contributed by atoms with Gasteiger partial charge in [-0.2, -0.15) is 0 Å². The summed E-state index contributed by atoms with van der Waals surface area (Å²) in [5, 5.41) is 5.49. The van der Waals surface area contributed by atoms with E-state index in [1.807, 2.05) is 42.6 Å². The third kappa shape index (κ3) is 6.43. The Balaban J connectivity index is 2.00. The highest BCUT2D eigenvalue weighted by atomic mass is 32.1. The maximum Gasteiger partial charge on any atom is 0.142 e. The van der Waals surface area contributed by atoms with Crippen LogP contribution in [0.4, 0.5) is 11.4 Å². The van der Waals surface area contributed by atoms with Gasteiger partial charge in [-0.25, -0.2) is 9.98 Å². The highest BCUT2D eigenvalue weighted by molar-refractivity contribution is 7.10. The number of rotatable bonds is 10. The predicted octanol–water partition coefficient (Wildman–Crippen LogP) is 5.86. The number of unbranched alkanes of at least 4 members (excludes halogenated alkanes) is 1. The van der Waals surface area contributed by atoms with Crippen molar-refractivity contribution in [3.8, 4) is 0 Å². The zero-order valence-electron chi connectivity index (χ0n) is 17.5. The molecule has 4 nitrogen and oxygen atoms in total. The van der Waals surface area contributed by atoms with Crippen LogP contribution in [-0.4, -0.2) is 38.1 Å². The van der Waals surface area contributed by atoms with Crippen LogP contribution >= 0.6 is 11.3 Å². The minimum absolute atomic E-state index is 0.662. The molecular weight excluding hydrogens is 364 g/mol. The second-order valence-corrected chi connectivity index (χ2v) is 7.86. The minimum atomic E-state index is 0.662. The maximum atomic E-state index is 4.70. The Bertz CT molecular complexity index is 820. The number of hydrogen-bond acceptors (Lipinski definition) is 4. The van der Waals surface area contributed by atoms with Gasteiger partial charge in [0.1, 0.15) is 5.84 Å². The topological polar surface area (TPSA) is 40.0 Å². The van der Waals surface area contributed by atoms with E-state index in [9.17, 15) is 0 Å². The summed E-state index contributed by atoms with van der Waals surface area (Å²) in [6.07, 6.45) is 7.88. The molecule has 2 aromatic rings. The normalized spacial score (nSPS) is 12.1. The number of nitrogens with one attached hydrogen (secondary N) is 1. The highest BCUT2D eigenvalue weighted by Gasteiger charge is 2.11. The Morgan fingerprint density at radius 1 is 1.32 bits per heavy atom. The smallest absolute Gasteiger partial charge is 0.142 e. The molecule has 0 aliphatic rings. The lowest BCUT2D eigenvalue weighted by molar-refractivity contribution is 0.376. The van der Waals surface area contributed by atoms with Crippen LogP contribution < -0.4 is 5.32 Å². The van der Waals surface area contributed by atoms with Crippen LogP contribution in [0.1, 0.15) is 35.8 Å². The van der Waals surface area contributed by atoms with E-state index in [2.05, 4.69) is 60.4 Å². The molecule has 150 valence electrons. The molecule has 0 spiro atoms. The number of allylic oxidation sites excluding steroid dienone is 2. The molecule has 0 atom stereocenters. The van der Waals surface area contributed by atoms with E-state index in [0.29, 0.717) is 6.54 Å². The Kier molecular flexibility index (Phi) is 9.11. The van der Waals surface area contributed by atoms with E-state index in [-0.39, 0.29) is 0 Å². The van der Waals surface area contributed by atoms with Crippen LogP contribution in [0.2, 0.25) is 0 Å². The fourth-order valence-electron chi connectivity index (χ4n) is 3.06. The van der Waals surface area contributed by atoms with Gasteiger partial charge in [-0.05, 0) is 75.5 Å². The lowest BCUT2D eigenvalue weighted by atomic mass is 10.1. The summed E-state index contributed by atoms with van der Waals surface area (Å²) in [6, 6.07) is 7.97. The number of hydrogen-bond donors (Lipinski definition) is 1.